The molecule has 1 aliphatic carbocycles. The van der Waals surface area contributed by atoms with Crippen LogP contribution in [0.15, 0.2) is 66.0 Å². The fraction of sp³-hybridized carbons (Fsp3) is 0.120. The predicted molar refractivity (Wildman–Crippen MR) is 122 cm³/mol. The summed E-state index contributed by atoms with van der Waals surface area (Å²) in [5, 5.41) is 5.03. The van der Waals surface area contributed by atoms with E-state index in [1.165, 1.54) is 52.9 Å². The zero-order valence-electron chi connectivity index (χ0n) is 15.5. The van der Waals surface area contributed by atoms with E-state index in [1.54, 1.807) is 7.11 Å². The summed E-state index contributed by atoms with van der Waals surface area (Å²) >= 11 is 3.77. The Labute approximate surface area is 171 Å². The van der Waals surface area contributed by atoms with E-state index < -0.39 is 0 Å². The largest absolute Gasteiger partial charge is 0.497 e. The summed E-state index contributed by atoms with van der Waals surface area (Å²) in [6.07, 6.45) is 2.14. The van der Waals surface area contributed by atoms with E-state index in [0.717, 1.165) is 18.6 Å². The van der Waals surface area contributed by atoms with Crippen molar-refractivity contribution in [2.75, 3.05) is 7.11 Å². The molecule has 0 fully saturated rings. The van der Waals surface area contributed by atoms with E-state index in [0.29, 0.717) is 0 Å². The molecule has 0 aliphatic heterocycles. The molecule has 1 aliphatic rings. The number of benzene rings is 3. The van der Waals surface area contributed by atoms with Gasteiger partial charge in [-0.05, 0) is 82.4 Å². The molecule has 0 bridgehead atoms. The van der Waals surface area contributed by atoms with E-state index >= 15 is 0 Å². The lowest BCUT2D eigenvalue weighted by molar-refractivity contribution is 0.414. The minimum absolute atomic E-state index is 0.920. The van der Waals surface area contributed by atoms with Gasteiger partial charge in [0.15, 0.2) is 0 Å². The van der Waals surface area contributed by atoms with E-state index in [2.05, 4.69) is 53.9 Å². The zero-order valence-corrected chi connectivity index (χ0v) is 17.1. The molecule has 0 spiro atoms. The number of ether oxygens (including phenoxy) is 1. The van der Waals surface area contributed by atoms with E-state index in [9.17, 15) is 0 Å². The van der Waals surface area contributed by atoms with Gasteiger partial charge in [-0.1, -0.05) is 24.3 Å². The van der Waals surface area contributed by atoms with Gasteiger partial charge in [0.1, 0.15) is 5.75 Å². The molecular formula is C25H18OS2. The number of fused-ring (bicyclic) bond motifs is 8. The first-order valence-electron chi connectivity index (χ1n) is 9.51. The highest BCUT2D eigenvalue weighted by molar-refractivity contribution is 7.19. The van der Waals surface area contributed by atoms with Crippen LogP contribution < -0.4 is 4.74 Å². The second-order valence-corrected chi connectivity index (χ2v) is 9.40. The smallest absolute Gasteiger partial charge is 0.118 e. The molecule has 0 saturated heterocycles. The SMILES string of the molecule is COc1ccc(CCc2cc3c4c(ccc3s2)-c2c-4ccc3sccc23)cc1. The molecular weight excluding hydrogens is 380 g/mol. The molecule has 5 aromatic rings. The Morgan fingerprint density at radius 2 is 1.50 bits per heavy atom. The molecule has 28 heavy (non-hydrogen) atoms. The van der Waals surface area contributed by atoms with Crippen LogP contribution in [0.4, 0.5) is 0 Å². The summed E-state index contributed by atoms with van der Waals surface area (Å²) in [6.45, 7) is 0. The number of rotatable bonds is 4. The van der Waals surface area contributed by atoms with Crippen LogP contribution in [0.1, 0.15) is 10.4 Å². The second kappa shape index (κ2) is 6.20. The molecule has 3 aromatic carbocycles. The fourth-order valence-electron chi connectivity index (χ4n) is 4.33. The first-order valence-corrected chi connectivity index (χ1v) is 11.2. The van der Waals surface area contributed by atoms with Gasteiger partial charge >= 0.3 is 0 Å². The Hall–Kier alpha value is -2.62. The summed E-state index contributed by atoms with van der Waals surface area (Å²) in [7, 11) is 1.71. The van der Waals surface area contributed by atoms with Crippen LogP contribution in [-0.4, -0.2) is 7.11 Å². The minimum Gasteiger partial charge on any atom is -0.497 e. The third-order valence-corrected chi connectivity index (χ3v) is 7.79. The maximum Gasteiger partial charge on any atom is 0.118 e. The molecule has 2 heterocycles. The van der Waals surface area contributed by atoms with Crippen LogP contribution in [0.5, 0.6) is 5.75 Å². The van der Waals surface area contributed by atoms with Gasteiger partial charge in [-0.3, -0.25) is 0 Å². The molecule has 1 nitrogen and oxygen atoms in total. The van der Waals surface area contributed by atoms with Crippen molar-refractivity contribution in [3.63, 3.8) is 0 Å². The van der Waals surface area contributed by atoms with Crippen LogP contribution in [0.25, 0.3) is 42.4 Å². The maximum atomic E-state index is 5.26. The van der Waals surface area contributed by atoms with E-state index in [1.807, 2.05) is 34.8 Å². The Bertz CT molecular complexity index is 1340. The molecule has 0 unspecified atom stereocenters. The van der Waals surface area contributed by atoms with Gasteiger partial charge < -0.3 is 4.74 Å². The van der Waals surface area contributed by atoms with Gasteiger partial charge in [0.25, 0.3) is 0 Å². The van der Waals surface area contributed by atoms with Gasteiger partial charge in [-0.15, -0.1) is 22.7 Å². The first-order chi connectivity index (χ1) is 13.8. The van der Waals surface area contributed by atoms with E-state index in [4.69, 9.17) is 4.74 Å². The molecule has 0 radical (unpaired) electrons. The lowest BCUT2D eigenvalue weighted by Crippen LogP contribution is -1.98. The summed E-state index contributed by atoms with van der Waals surface area (Å²) in [6, 6.07) is 22.3. The van der Waals surface area contributed by atoms with Crippen molar-refractivity contribution >= 4 is 42.8 Å². The Morgan fingerprint density at radius 3 is 2.29 bits per heavy atom. The lowest BCUT2D eigenvalue weighted by Gasteiger charge is -2.25. The molecule has 0 saturated carbocycles. The Kier molecular flexibility index (Phi) is 3.62. The number of hydrogen-bond donors (Lipinski definition) is 0. The monoisotopic (exact) mass is 398 g/mol. The highest BCUT2D eigenvalue weighted by Gasteiger charge is 2.27. The molecule has 3 heteroatoms. The lowest BCUT2D eigenvalue weighted by atomic mass is 9.77. The third-order valence-electron chi connectivity index (χ3n) is 5.74. The van der Waals surface area contributed by atoms with Crippen molar-refractivity contribution in [2.45, 2.75) is 12.8 Å². The van der Waals surface area contributed by atoms with Gasteiger partial charge in [-0.2, -0.15) is 0 Å². The zero-order chi connectivity index (χ0) is 18.7. The Morgan fingerprint density at radius 1 is 0.750 bits per heavy atom. The highest BCUT2D eigenvalue weighted by Crippen LogP contribution is 2.55. The maximum absolute atomic E-state index is 5.26. The number of methoxy groups -OCH3 is 1. The fourth-order valence-corrected chi connectivity index (χ4v) is 6.19. The predicted octanol–water partition coefficient (Wildman–Crippen LogP) is 7.56. The summed E-state index contributed by atoms with van der Waals surface area (Å²) in [5.74, 6) is 0.920. The summed E-state index contributed by atoms with van der Waals surface area (Å²) in [4.78, 5) is 1.46. The van der Waals surface area contributed by atoms with Crippen molar-refractivity contribution < 1.29 is 4.74 Å². The minimum atomic E-state index is 0.920. The quantitative estimate of drug-likeness (QED) is 0.298. The topological polar surface area (TPSA) is 9.23 Å². The van der Waals surface area contributed by atoms with Gasteiger partial charge in [0.05, 0.1) is 7.11 Å². The summed E-state index contributed by atoms with van der Waals surface area (Å²) < 4.78 is 8.04. The normalized spacial score (nSPS) is 12.0. The van der Waals surface area contributed by atoms with Crippen molar-refractivity contribution in [1.29, 1.82) is 0 Å². The van der Waals surface area contributed by atoms with Gasteiger partial charge in [0.2, 0.25) is 0 Å². The average Bonchev–Trinajstić information content (AvgIpc) is 3.34. The van der Waals surface area contributed by atoms with Crippen molar-refractivity contribution in [3.05, 3.63) is 76.5 Å². The third kappa shape index (κ3) is 2.36. The van der Waals surface area contributed by atoms with Crippen LogP contribution >= 0.6 is 22.7 Å². The van der Waals surface area contributed by atoms with Crippen LogP contribution in [0.2, 0.25) is 0 Å². The number of thiophene rings is 2. The average molecular weight is 399 g/mol. The summed E-state index contributed by atoms with van der Waals surface area (Å²) in [5.41, 5.74) is 7.10. The highest BCUT2D eigenvalue weighted by atomic mass is 32.1. The van der Waals surface area contributed by atoms with Crippen LogP contribution in [-0.2, 0) is 12.8 Å². The second-order valence-electron chi connectivity index (χ2n) is 7.28. The molecule has 0 atom stereocenters. The first kappa shape index (κ1) is 16.3. The Balaban J connectivity index is 1.34. The molecule has 2 aromatic heterocycles. The van der Waals surface area contributed by atoms with Crippen molar-refractivity contribution in [2.24, 2.45) is 0 Å². The standard InChI is InChI=1S/C25H18OS2/c1-26-16-5-2-15(3-6-16)4-7-17-14-21-23(28-17)11-9-20-24-18-12-13-27-22(18)10-8-19(24)25(20)21/h2-3,5-6,8-14H,4,7H2,1H3. The molecule has 136 valence electrons. The number of aryl methyl sites for hydroxylation is 2. The van der Waals surface area contributed by atoms with Crippen LogP contribution in [0, 0.1) is 0 Å². The van der Waals surface area contributed by atoms with E-state index in [-0.39, 0.29) is 0 Å². The van der Waals surface area contributed by atoms with Crippen molar-refractivity contribution in [3.8, 4) is 28.0 Å². The number of hydrogen-bond acceptors (Lipinski definition) is 3. The molecule has 0 N–H and O–H groups in total. The molecule has 6 rings (SSSR count). The molecule has 0 amide bonds. The van der Waals surface area contributed by atoms with Crippen LogP contribution in [0.3, 0.4) is 0 Å². The van der Waals surface area contributed by atoms with Gasteiger partial charge in [-0.25, -0.2) is 0 Å². The van der Waals surface area contributed by atoms with Gasteiger partial charge in [0, 0.05) is 25.0 Å². The van der Waals surface area contributed by atoms with Crippen molar-refractivity contribution in [1.82, 2.24) is 0 Å².